The molecule has 0 aliphatic heterocycles. The van der Waals surface area contributed by atoms with Gasteiger partial charge >= 0.3 is 0 Å². The number of nitrogens with one attached hydrogen (secondary N) is 1. The van der Waals surface area contributed by atoms with E-state index in [0.29, 0.717) is 0 Å². The Labute approximate surface area is 80.6 Å². The summed E-state index contributed by atoms with van der Waals surface area (Å²) in [5.74, 6) is -2.21. The summed E-state index contributed by atoms with van der Waals surface area (Å²) in [6, 6.07) is 2.25. The number of benzene rings is 1. The van der Waals surface area contributed by atoms with Gasteiger partial charge in [0.05, 0.1) is 5.69 Å². The highest BCUT2D eigenvalue weighted by Gasteiger charge is 2.16. The summed E-state index contributed by atoms with van der Waals surface area (Å²) in [6.07, 6.45) is 0. The summed E-state index contributed by atoms with van der Waals surface area (Å²) in [5.41, 5.74) is 5.43. The zero-order valence-electron chi connectivity index (χ0n) is 7.94. The second-order valence-electron chi connectivity index (χ2n) is 3.07. The van der Waals surface area contributed by atoms with E-state index in [4.69, 9.17) is 11.1 Å². The maximum atomic E-state index is 13.3. The molecule has 1 aromatic rings. The van der Waals surface area contributed by atoms with Gasteiger partial charge in [-0.15, -0.1) is 0 Å². The van der Waals surface area contributed by atoms with Gasteiger partial charge in [-0.3, -0.25) is 5.41 Å². The van der Waals surface area contributed by atoms with Crippen molar-refractivity contribution in [2.24, 2.45) is 5.73 Å². The van der Waals surface area contributed by atoms with Gasteiger partial charge in [-0.1, -0.05) is 0 Å². The molecule has 3 N–H and O–H groups in total. The number of anilines is 1. The molecule has 0 aliphatic rings. The van der Waals surface area contributed by atoms with Crippen LogP contribution in [0.1, 0.15) is 5.56 Å². The molecule has 3 nitrogen and oxygen atoms in total. The lowest BCUT2D eigenvalue weighted by atomic mass is 10.1. The van der Waals surface area contributed by atoms with Crippen LogP contribution < -0.4 is 10.6 Å². The second-order valence-corrected chi connectivity index (χ2v) is 3.07. The van der Waals surface area contributed by atoms with Gasteiger partial charge in [0.1, 0.15) is 5.84 Å². The predicted octanol–water partition coefficient (Wildman–Crippen LogP) is 1.31. The number of nitrogen functional groups attached to an aromatic ring is 1. The van der Waals surface area contributed by atoms with E-state index >= 15 is 0 Å². The van der Waals surface area contributed by atoms with Gasteiger partial charge in [0.15, 0.2) is 11.6 Å². The Morgan fingerprint density at radius 1 is 1.36 bits per heavy atom. The van der Waals surface area contributed by atoms with Crippen LogP contribution in [0.3, 0.4) is 0 Å². The molecular formula is C9H11F2N3. The van der Waals surface area contributed by atoms with Crippen molar-refractivity contribution in [2.75, 3.05) is 19.0 Å². The van der Waals surface area contributed by atoms with E-state index in [9.17, 15) is 8.78 Å². The highest BCUT2D eigenvalue weighted by Crippen LogP contribution is 2.24. The average molecular weight is 199 g/mol. The number of hydrogen-bond acceptors (Lipinski definition) is 2. The molecule has 0 unspecified atom stereocenters. The van der Waals surface area contributed by atoms with Crippen molar-refractivity contribution in [1.82, 2.24) is 0 Å². The topological polar surface area (TPSA) is 53.1 Å². The molecule has 0 saturated heterocycles. The molecule has 0 atom stereocenters. The summed E-state index contributed by atoms with van der Waals surface area (Å²) in [4.78, 5) is 1.38. The van der Waals surface area contributed by atoms with Crippen LogP contribution in [0.25, 0.3) is 0 Å². The molecule has 0 fully saturated rings. The van der Waals surface area contributed by atoms with Gasteiger partial charge in [0, 0.05) is 19.7 Å². The summed E-state index contributed by atoms with van der Waals surface area (Å²) >= 11 is 0. The zero-order valence-corrected chi connectivity index (χ0v) is 7.94. The lowest BCUT2D eigenvalue weighted by Gasteiger charge is -2.17. The van der Waals surface area contributed by atoms with E-state index in [-0.39, 0.29) is 17.1 Å². The minimum Gasteiger partial charge on any atom is -0.384 e. The number of halogens is 2. The quantitative estimate of drug-likeness (QED) is 0.557. The normalized spacial score (nSPS) is 10.0. The first-order valence-corrected chi connectivity index (χ1v) is 3.95. The summed E-state index contributed by atoms with van der Waals surface area (Å²) < 4.78 is 26.2. The van der Waals surface area contributed by atoms with Crippen LogP contribution in [0, 0.1) is 17.0 Å². The Morgan fingerprint density at radius 3 is 2.36 bits per heavy atom. The van der Waals surface area contributed by atoms with Crippen molar-refractivity contribution >= 4 is 11.5 Å². The van der Waals surface area contributed by atoms with E-state index in [2.05, 4.69) is 0 Å². The lowest BCUT2D eigenvalue weighted by Crippen LogP contribution is -2.20. The van der Waals surface area contributed by atoms with Gasteiger partial charge in [0.2, 0.25) is 0 Å². The minimum atomic E-state index is -0.984. The van der Waals surface area contributed by atoms with Crippen molar-refractivity contribution in [1.29, 1.82) is 5.41 Å². The fourth-order valence-electron chi connectivity index (χ4n) is 1.19. The minimum absolute atomic E-state index is 0.00231. The molecule has 0 bridgehead atoms. The van der Waals surface area contributed by atoms with E-state index in [1.807, 2.05) is 0 Å². The fraction of sp³-hybridized carbons (Fsp3) is 0.222. The van der Waals surface area contributed by atoms with Crippen molar-refractivity contribution in [2.45, 2.75) is 0 Å². The number of hydrogen-bond donors (Lipinski definition) is 2. The number of rotatable bonds is 2. The van der Waals surface area contributed by atoms with E-state index < -0.39 is 11.6 Å². The summed E-state index contributed by atoms with van der Waals surface area (Å²) in [7, 11) is 3.12. The standard InChI is InChI=1S/C9H11F2N3/c1-14(2)8-5(9(12)13)3-4-6(10)7(8)11/h3-4H,1-2H3,(H3,12,13). The first-order chi connectivity index (χ1) is 6.45. The van der Waals surface area contributed by atoms with Gasteiger partial charge in [0.25, 0.3) is 0 Å². The van der Waals surface area contributed by atoms with Crippen molar-refractivity contribution in [3.63, 3.8) is 0 Å². The molecule has 0 radical (unpaired) electrons. The molecule has 0 spiro atoms. The highest BCUT2D eigenvalue weighted by molar-refractivity contribution is 6.00. The largest absolute Gasteiger partial charge is 0.384 e. The number of nitrogens with two attached hydrogens (primary N) is 1. The molecule has 14 heavy (non-hydrogen) atoms. The maximum Gasteiger partial charge on any atom is 0.182 e. The molecule has 0 saturated carbocycles. The molecular weight excluding hydrogens is 188 g/mol. The van der Waals surface area contributed by atoms with Gasteiger partial charge in [-0.05, 0) is 12.1 Å². The third-order valence-electron chi connectivity index (χ3n) is 1.81. The van der Waals surface area contributed by atoms with Gasteiger partial charge in [-0.25, -0.2) is 8.78 Å². The molecule has 0 amide bonds. The number of nitrogens with zero attached hydrogens (tertiary/aromatic N) is 1. The first-order valence-electron chi connectivity index (χ1n) is 3.95. The van der Waals surface area contributed by atoms with Crippen LogP contribution in [0.5, 0.6) is 0 Å². The Balaban J connectivity index is 3.45. The predicted molar refractivity (Wildman–Crippen MR) is 51.7 cm³/mol. The van der Waals surface area contributed by atoms with Crippen LogP contribution >= 0.6 is 0 Å². The van der Waals surface area contributed by atoms with Crippen molar-refractivity contribution in [3.05, 3.63) is 29.3 Å². The Morgan fingerprint density at radius 2 is 1.93 bits per heavy atom. The number of amidine groups is 1. The van der Waals surface area contributed by atoms with Crippen molar-refractivity contribution in [3.8, 4) is 0 Å². The lowest BCUT2D eigenvalue weighted by molar-refractivity contribution is 0.508. The first kappa shape index (κ1) is 10.4. The van der Waals surface area contributed by atoms with Crippen molar-refractivity contribution < 1.29 is 8.78 Å². The smallest absolute Gasteiger partial charge is 0.182 e. The molecule has 0 heterocycles. The third-order valence-corrected chi connectivity index (χ3v) is 1.81. The second kappa shape index (κ2) is 3.61. The SMILES string of the molecule is CN(C)c1c(C(=N)N)ccc(F)c1F. The average Bonchev–Trinajstić information content (AvgIpc) is 2.08. The molecule has 1 aromatic carbocycles. The molecule has 1 rings (SSSR count). The zero-order chi connectivity index (χ0) is 10.9. The van der Waals surface area contributed by atoms with Crippen LogP contribution in [-0.2, 0) is 0 Å². The van der Waals surface area contributed by atoms with Gasteiger partial charge in [-0.2, -0.15) is 0 Å². The Bertz CT molecular complexity index is 375. The van der Waals surface area contributed by atoms with Crippen LogP contribution in [0.15, 0.2) is 12.1 Å². The van der Waals surface area contributed by atoms with Crippen LogP contribution in [-0.4, -0.2) is 19.9 Å². The molecule has 76 valence electrons. The fourth-order valence-corrected chi connectivity index (χ4v) is 1.19. The maximum absolute atomic E-state index is 13.3. The molecule has 0 aromatic heterocycles. The monoisotopic (exact) mass is 199 g/mol. The summed E-state index contributed by atoms with van der Waals surface area (Å²) in [5, 5.41) is 7.20. The third kappa shape index (κ3) is 1.66. The Kier molecular flexibility index (Phi) is 2.69. The van der Waals surface area contributed by atoms with E-state index in [1.165, 1.54) is 11.0 Å². The van der Waals surface area contributed by atoms with E-state index in [0.717, 1.165) is 6.07 Å². The molecule has 5 heteroatoms. The van der Waals surface area contributed by atoms with E-state index in [1.54, 1.807) is 14.1 Å². The Hall–Kier alpha value is -1.65. The van der Waals surface area contributed by atoms with Crippen LogP contribution in [0.4, 0.5) is 14.5 Å². The van der Waals surface area contributed by atoms with Gasteiger partial charge < -0.3 is 10.6 Å². The molecule has 0 aliphatic carbocycles. The van der Waals surface area contributed by atoms with Crippen LogP contribution in [0.2, 0.25) is 0 Å². The summed E-state index contributed by atoms with van der Waals surface area (Å²) in [6.45, 7) is 0. The highest BCUT2D eigenvalue weighted by atomic mass is 19.2.